The van der Waals surface area contributed by atoms with Gasteiger partial charge in [-0.05, 0) is 38.4 Å². The molecular weight excluding hydrogens is 148 g/mol. The Morgan fingerprint density at radius 2 is 2.08 bits per heavy atom. The minimum atomic E-state index is 0.672. The zero-order chi connectivity index (χ0) is 8.39. The molecule has 0 aromatic carbocycles. The van der Waals surface area contributed by atoms with Crippen molar-refractivity contribution in [2.75, 3.05) is 6.54 Å². The molecule has 1 aromatic rings. The van der Waals surface area contributed by atoms with Gasteiger partial charge in [0.05, 0.1) is 0 Å². The van der Waals surface area contributed by atoms with E-state index in [0.717, 1.165) is 12.6 Å². The number of piperidine rings is 1. The Morgan fingerprint density at radius 1 is 1.33 bits per heavy atom. The Bertz CT molecular complexity index is 228. The van der Waals surface area contributed by atoms with Gasteiger partial charge >= 0.3 is 0 Å². The molecule has 0 aliphatic carbocycles. The third-order valence-electron chi connectivity index (χ3n) is 2.65. The highest BCUT2D eigenvalue weighted by Gasteiger charge is 2.18. The molecule has 2 heterocycles. The van der Waals surface area contributed by atoms with Crippen LogP contribution in [0.2, 0.25) is 0 Å². The molecule has 0 spiro atoms. The molecule has 2 heteroatoms. The molecule has 1 fully saturated rings. The second kappa shape index (κ2) is 3.31. The number of rotatable bonds is 1. The summed E-state index contributed by atoms with van der Waals surface area (Å²) in [6.45, 7) is 3.42. The lowest BCUT2D eigenvalue weighted by molar-refractivity contribution is 0.314. The normalized spacial score (nSPS) is 30.4. The maximum Gasteiger partial charge on any atom is 0.0357 e. The van der Waals surface area contributed by atoms with E-state index in [9.17, 15) is 0 Å². The number of hydrogen-bond donors (Lipinski definition) is 1. The van der Waals surface area contributed by atoms with Crippen LogP contribution in [0.25, 0.3) is 0 Å². The van der Waals surface area contributed by atoms with Crippen molar-refractivity contribution in [2.45, 2.75) is 31.8 Å². The van der Waals surface area contributed by atoms with Gasteiger partial charge in [0.25, 0.3) is 0 Å². The molecule has 2 unspecified atom stereocenters. The topological polar surface area (TPSA) is 17.0 Å². The molecule has 0 bridgehead atoms. The third kappa shape index (κ3) is 1.53. The first-order chi connectivity index (χ1) is 5.86. The van der Waals surface area contributed by atoms with Crippen LogP contribution in [0, 0.1) is 0 Å². The maximum atomic E-state index is 3.46. The van der Waals surface area contributed by atoms with Crippen molar-refractivity contribution in [2.24, 2.45) is 0 Å². The average molecular weight is 164 g/mol. The number of aromatic nitrogens is 1. The Morgan fingerprint density at radius 3 is 2.75 bits per heavy atom. The van der Waals surface area contributed by atoms with Gasteiger partial charge in [-0.1, -0.05) is 0 Å². The summed E-state index contributed by atoms with van der Waals surface area (Å²) in [5.41, 5.74) is 0. The van der Waals surface area contributed by atoms with Gasteiger partial charge in [-0.15, -0.1) is 0 Å². The molecule has 0 saturated carbocycles. The summed E-state index contributed by atoms with van der Waals surface area (Å²) in [6, 6.07) is 5.60. The van der Waals surface area contributed by atoms with E-state index in [1.165, 1.54) is 12.8 Å². The first-order valence-corrected chi connectivity index (χ1v) is 4.72. The summed E-state index contributed by atoms with van der Waals surface area (Å²) in [5.74, 6) is 0. The molecule has 1 aliphatic heterocycles. The van der Waals surface area contributed by atoms with Crippen molar-refractivity contribution >= 4 is 0 Å². The van der Waals surface area contributed by atoms with E-state index in [0.29, 0.717) is 6.04 Å². The van der Waals surface area contributed by atoms with Crippen LogP contribution in [0.4, 0.5) is 0 Å². The predicted molar refractivity (Wildman–Crippen MR) is 50.2 cm³/mol. The van der Waals surface area contributed by atoms with Gasteiger partial charge < -0.3 is 9.88 Å². The summed E-state index contributed by atoms with van der Waals surface area (Å²) in [5, 5.41) is 3.46. The quantitative estimate of drug-likeness (QED) is 0.669. The van der Waals surface area contributed by atoms with Gasteiger partial charge in [0, 0.05) is 24.5 Å². The fourth-order valence-electron chi connectivity index (χ4n) is 1.97. The molecule has 2 atom stereocenters. The molecule has 2 rings (SSSR count). The summed E-state index contributed by atoms with van der Waals surface area (Å²) < 4.78 is 2.33. The third-order valence-corrected chi connectivity index (χ3v) is 2.65. The van der Waals surface area contributed by atoms with E-state index in [1.807, 2.05) is 0 Å². The van der Waals surface area contributed by atoms with Crippen LogP contribution in [0.3, 0.4) is 0 Å². The lowest BCUT2D eigenvalue weighted by Gasteiger charge is -2.29. The molecule has 1 aromatic heterocycles. The fraction of sp³-hybridized carbons (Fsp3) is 0.600. The van der Waals surface area contributed by atoms with Crippen molar-refractivity contribution in [3.05, 3.63) is 24.5 Å². The van der Waals surface area contributed by atoms with Crippen LogP contribution in [-0.2, 0) is 0 Å². The van der Waals surface area contributed by atoms with Gasteiger partial charge in [0.2, 0.25) is 0 Å². The monoisotopic (exact) mass is 164 g/mol. The molecule has 12 heavy (non-hydrogen) atoms. The van der Waals surface area contributed by atoms with Crippen molar-refractivity contribution in [1.29, 1.82) is 0 Å². The smallest absolute Gasteiger partial charge is 0.0357 e. The second-order valence-electron chi connectivity index (χ2n) is 3.66. The zero-order valence-corrected chi connectivity index (χ0v) is 7.53. The van der Waals surface area contributed by atoms with E-state index in [2.05, 4.69) is 41.3 Å². The number of nitrogens with zero attached hydrogens (tertiary/aromatic N) is 1. The Balaban J connectivity index is 2.04. The number of nitrogens with one attached hydrogen (secondary N) is 1. The number of hydrogen-bond acceptors (Lipinski definition) is 1. The van der Waals surface area contributed by atoms with Crippen molar-refractivity contribution < 1.29 is 0 Å². The average Bonchev–Trinajstić information content (AvgIpc) is 2.56. The summed E-state index contributed by atoms with van der Waals surface area (Å²) in [4.78, 5) is 0. The van der Waals surface area contributed by atoms with Crippen LogP contribution >= 0.6 is 0 Å². The lowest BCUT2D eigenvalue weighted by Crippen LogP contribution is -2.36. The van der Waals surface area contributed by atoms with Crippen molar-refractivity contribution in [3.8, 4) is 0 Å². The van der Waals surface area contributed by atoms with Gasteiger partial charge in [0.1, 0.15) is 0 Å². The van der Waals surface area contributed by atoms with Crippen LogP contribution in [0.5, 0.6) is 0 Å². The highest BCUT2D eigenvalue weighted by Crippen LogP contribution is 2.21. The van der Waals surface area contributed by atoms with Gasteiger partial charge in [-0.3, -0.25) is 0 Å². The predicted octanol–water partition coefficient (Wildman–Crippen LogP) is 1.80. The van der Waals surface area contributed by atoms with Gasteiger partial charge in [-0.25, -0.2) is 0 Å². The molecule has 1 aliphatic rings. The highest BCUT2D eigenvalue weighted by atomic mass is 15.0. The standard InChI is InChI=1S/C10H16N2/c1-9-8-10(4-5-11-9)12-6-2-3-7-12/h2-3,6-7,9-11H,4-5,8H2,1H3. The molecule has 1 N–H and O–H groups in total. The van der Waals surface area contributed by atoms with E-state index in [4.69, 9.17) is 0 Å². The minimum absolute atomic E-state index is 0.672. The molecule has 0 radical (unpaired) electrons. The minimum Gasteiger partial charge on any atom is -0.351 e. The second-order valence-corrected chi connectivity index (χ2v) is 3.66. The fourth-order valence-corrected chi connectivity index (χ4v) is 1.97. The van der Waals surface area contributed by atoms with Gasteiger partial charge in [0.15, 0.2) is 0 Å². The molecule has 0 amide bonds. The lowest BCUT2D eigenvalue weighted by atomic mass is 10.0. The Kier molecular flexibility index (Phi) is 2.17. The highest BCUT2D eigenvalue weighted by molar-refractivity contribution is 4.94. The molecule has 1 saturated heterocycles. The van der Waals surface area contributed by atoms with Crippen LogP contribution in [0.1, 0.15) is 25.8 Å². The first kappa shape index (κ1) is 7.87. The zero-order valence-electron chi connectivity index (χ0n) is 7.53. The van der Waals surface area contributed by atoms with E-state index < -0.39 is 0 Å². The van der Waals surface area contributed by atoms with E-state index >= 15 is 0 Å². The van der Waals surface area contributed by atoms with Crippen LogP contribution in [0.15, 0.2) is 24.5 Å². The Labute approximate surface area is 73.6 Å². The van der Waals surface area contributed by atoms with E-state index in [1.54, 1.807) is 0 Å². The maximum absolute atomic E-state index is 3.46. The SMILES string of the molecule is CC1CC(n2cccc2)CCN1. The summed E-state index contributed by atoms with van der Waals surface area (Å²) in [7, 11) is 0. The molecule has 66 valence electrons. The van der Waals surface area contributed by atoms with Crippen molar-refractivity contribution in [3.63, 3.8) is 0 Å². The molecule has 2 nitrogen and oxygen atoms in total. The van der Waals surface area contributed by atoms with Crippen LogP contribution in [-0.4, -0.2) is 17.2 Å². The van der Waals surface area contributed by atoms with Crippen molar-refractivity contribution in [1.82, 2.24) is 9.88 Å². The molecular formula is C10H16N2. The van der Waals surface area contributed by atoms with Crippen LogP contribution < -0.4 is 5.32 Å². The van der Waals surface area contributed by atoms with Gasteiger partial charge in [-0.2, -0.15) is 0 Å². The summed E-state index contributed by atoms with van der Waals surface area (Å²) >= 11 is 0. The first-order valence-electron chi connectivity index (χ1n) is 4.72. The summed E-state index contributed by atoms with van der Waals surface area (Å²) in [6.07, 6.45) is 6.86. The van der Waals surface area contributed by atoms with E-state index in [-0.39, 0.29) is 0 Å². The largest absolute Gasteiger partial charge is 0.351 e. The Hall–Kier alpha value is -0.760.